The quantitative estimate of drug-likeness (QED) is 0.399. The van der Waals surface area contributed by atoms with E-state index in [0.717, 1.165) is 0 Å². The first kappa shape index (κ1) is 29.9. The van der Waals surface area contributed by atoms with Gasteiger partial charge in [0.05, 0.1) is 0 Å². The van der Waals surface area contributed by atoms with Crippen LogP contribution in [0.4, 0.5) is 0 Å². The van der Waals surface area contributed by atoms with Crippen molar-refractivity contribution < 1.29 is 53.6 Å². The van der Waals surface area contributed by atoms with Crippen molar-refractivity contribution in [3.8, 4) is 0 Å². The molecule has 0 amide bonds. The minimum Gasteiger partial charge on any atom is -1.00 e. The minimum absolute atomic E-state index is 0. The van der Waals surface area contributed by atoms with Crippen LogP contribution in [0.1, 0.15) is 2.85 Å². The average molecular weight is 288 g/mol. The summed E-state index contributed by atoms with van der Waals surface area (Å²) in [6, 6.07) is 0. The van der Waals surface area contributed by atoms with Gasteiger partial charge in [-0.15, -0.1) is 0 Å². The summed E-state index contributed by atoms with van der Waals surface area (Å²) < 4.78 is 31.6. The van der Waals surface area contributed by atoms with Gasteiger partial charge >= 0.3 is 48.1 Å². The van der Waals surface area contributed by atoms with Crippen LogP contribution in [0, 0.1) is 0 Å². The zero-order valence-electron chi connectivity index (χ0n) is 5.48. The van der Waals surface area contributed by atoms with Gasteiger partial charge in [-0.05, 0) is 0 Å². The first-order valence-corrected chi connectivity index (χ1v) is 2.10. The van der Waals surface area contributed by atoms with Gasteiger partial charge in [0.15, 0.2) is 17.4 Å². The summed E-state index contributed by atoms with van der Waals surface area (Å²) in [6.45, 7) is 0. The molecule has 0 fully saturated rings. The van der Waals surface area contributed by atoms with E-state index in [-0.39, 0.29) is 91.2 Å². The standard InChI is InChI=1S/Al.Ca.Co.Ni.H2O4S.5H/c;;;;1-5(2,3)4;;;;;/h;;;;(H2,1,2,3,4);;;;;/q;+2;;;;;;;2*-1. The Balaban J connectivity index is -0.00000000533. The maximum absolute atomic E-state index is 8.74. The van der Waals surface area contributed by atoms with E-state index in [0.29, 0.717) is 0 Å². The Labute approximate surface area is 117 Å². The Kier molecular flexibility index (Phi) is 44.0. The first-order chi connectivity index (χ1) is 2.00. The average Bonchev–Trinajstić information content (AvgIpc) is 0.722. The van der Waals surface area contributed by atoms with E-state index in [2.05, 4.69) is 0 Å². The van der Waals surface area contributed by atoms with Gasteiger partial charge in [-0.3, -0.25) is 9.11 Å². The Bertz CT molecular complexity index is 111. The molecule has 0 bridgehead atoms. The van der Waals surface area contributed by atoms with Gasteiger partial charge in [0, 0.05) is 33.3 Å². The number of hydrogen-bond donors (Lipinski definition) is 2. The van der Waals surface area contributed by atoms with Gasteiger partial charge in [-0.1, -0.05) is 0 Å². The van der Waals surface area contributed by atoms with E-state index in [1.54, 1.807) is 0 Å². The molecule has 9 heteroatoms. The van der Waals surface area contributed by atoms with Crippen LogP contribution in [-0.4, -0.2) is 72.6 Å². The van der Waals surface area contributed by atoms with Crippen LogP contribution in [0.3, 0.4) is 0 Å². The van der Waals surface area contributed by atoms with Gasteiger partial charge in [-0.25, -0.2) is 0 Å². The van der Waals surface area contributed by atoms with Crippen molar-refractivity contribution >= 4 is 65.5 Å². The molecule has 9 heavy (non-hydrogen) atoms. The summed E-state index contributed by atoms with van der Waals surface area (Å²) in [5.74, 6) is 0. The van der Waals surface area contributed by atoms with Gasteiger partial charge < -0.3 is 2.85 Å². The Hall–Kier alpha value is 2.66. The van der Waals surface area contributed by atoms with Crippen LogP contribution in [0.2, 0.25) is 0 Å². The fraction of sp³-hybridized carbons (Fsp3) is 0. The number of hydrogen-bond acceptors (Lipinski definition) is 2. The molecule has 1 radical (unpaired) electrons. The molecular formula is H7AlCaCoNiO4S. The third-order valence-electron chi connectivity index (χ3n) is 0. The second-order valence-electron chi connectivity index (χ2n) is 0.448. The summed E-state index contributed by atoms with van der Waals surface area (Å²) in [4.78, 5) is 0. The molecule has 0 aromatic rings. The number of rotatable bonds is 0. The molecule has 0 saturated heterocycles. The molecule has 0 saturated carbocycles. The van der Waals surface area contributed by atoms with Crippen molar-refractivity contribution in [1.82, 2.24) is 0 Å². The molecule has 0 aromatic heterocycles. The van der Waals surface area contributed by atoms with Crippen molar-refractivity contribution in [1.29, 1.82) is 0 Å². The summed E-state index contributed by atoms with van der Waals surface area (Å²) in [5.41, 5.74) is 0. The smallest absolute Gasteiger partial charge is 1.00 e. The second-order valence-corrected chi connectivity index (χ2v) is 1.34. The summed E-state index contributed by atoms with van der Waals surface area (Å²) in [6.07, 6.45) is 0. The van der Waals surface area contributed by atoms with Crippen molar-refractivity contribution in [3.05, 3.63) is 0 Å². The molecule has 0 heterocycles. The van der Waals surface area contributed by atoms with Gasteiger partial charge in [0.1, 0.15) is 0 Å². The fourth-order valence-electron chi connectivity index (χ4n) is 0. The Morgan fingerprint density at radius 1 is 1.22 bits per heavy atom. The Morgan fingerprint density at radius 3 is 1.22 bits per heavy atom. The fourth-order valence-corrected chi connectivity index (χ4v) is 0. The van der Waals surface area contributed by atoms with E-state index in [1.165, 1.54) is 0 Å². The van der Waals surface area contributed by atoms with Crippen molar-refractivity contribution in [2.45, 2.75) is 0 Å². The molecule has 0 atom stereocenters. The third-order valence-corrected chi connectivity index (χ3v) is 0. The predicted molar refractivity (Wildman–Crippen MR) is 32.1 cm³/mol. The van der Waals surface area contributed by atoms with Crippen LogP contribution in [-0.2, 0) is 43.7 Å². The molecule has 0 unspecified atom stereocenters. The monoisotopic (exact) mass is 287 g/mol. The van der Waals surface area contributed by atoms with E-state index >= 15 is 0 Å². The zero-order valence-corrected chi connectivity index (χ0v) is 8.53. The molecule has 2 N–H and O–H groups in total. The molecule has 0 aliphatic carbocycles. The second kappa shape index (κ2) is 13.3. The van der Waals surface area contributed by atoms with E-state index in [9.17, 15) is 0 Å². The van der Waals surface area contributed by atoms with Crippen LogP contribution >= 0.6 is 0 Å². The van der Waals surface area contributed by atoms with Crippen LogP contribution in [0.25, 0.3) is 0 Å². The SMILES string of the molecule is O=S(=O)(O)O.[AlH3].[Ca+2].[Co].[H-].[H-].[Ni]. The first-order valence-electron chi connectivity index (χ1n) is 0.698. The molecule has 61 valence electrons. The topological polar surface area (TPSA) is 74.6 Å². The van der Waals surface area contributed by atoms with Crippen LogP contribution < -0.4 is 0 Å². The molecule has 4 nitrogen and oxygen atoms in total. The largest absolute Gasteiger partial charge is 2.00 e. The Morgan fingerprint density at radius 2 is 1.22 bits per heavy atom. The zero-order chi connectivity index (χ0) is 4.50. The van der Waals surface area contributed by atoms with Crippen molar-refractivity contribution in [3.63, 3.8) is 0 Å². The molecule has 0 aromatic carbocycles. The summed E-state index contributed by atoms with van der Waals surface area (Å²) >= 11 is 0. The predicted octanol–water partition coefficient (Wildman–Crippen LogP) is -2.00. The van der Waals surface area contributed by atoms with Crippen molar-refractivity contribution in [2.24, 2.45) is 0 Å². The summed E-state index contributed by atoms with van der Waals surface area (Å²) in [7, 11) is -4.67. The van der Waals surface area contributed by atoms with Crippen LogP contribution in [0.5, 0.6) is 0 Å². The minimum atomic E-state index is -4.67. The maximum atomic E-state index is 8.74. The summed E-state index contributed by atoms with van der Waals surface area (Å²) in [5, 5.41) is 0. The molecule has 0 rings (SSSR count). The van der Waals surface area contributed by atoms with Crippen molar-refractivity contribution in [2.75, 3.05) is 0 Å². The molecule has 0 spiro atoms. The maximum Gasteiger partial charge on any atom is 2.00 e. The van der Waals surface area contributed by atoms with Gasteiger partial charge in [-0.2, -0.15) is 8.42 Å². The van der Waals surface area contributed by atoms with E-state index in [1.807, 2.05) is 0 Å². The molecule has 0 aliphatic heterocycles. The third kappa shape index (κ3) is 113. The molecular weight excluding hydrogens is 281 g/mol. The van der Waals surface area contributed by atoms with Crippen LogP contribution in [0.15, 0.2) is 0 Å². The van der Waals surface area contributed by atoms with Gasteiger partial charge in [0.2, 0.25) is 0 Å². The molecule has 0 aliphatic rings. The van der Waals surface area contributed by atoms with Gasteiger partial charge in [0.25, 0.3) is 0 Å². The van der Waals surface area contributed by atoms with E-state index in [4.69, 9.17) is 17.5 Å². The van der Waals surface area contributed by atoms with E-state index < -0.39 is 10.4 Å². The normalized spacial score (nSPS) is 6.44.